The molecule has 32 heavy (non-hydrogen) atoms. The molecule has 0 spiro atoms. The van der Waals surface area contributed by atoms with Crippen LogP contribution in [0.25, 0.3) is 0 Å². The van der Waals surface area contributed by atoms with Crippen LogP contribution in [0.5, 0.6) is 0 Å². The third-order valence-corrected chi connectivity index (χ3v) is 9.17. The van der Waals surface area contributed by atoms with Crippen molar-refractivity contribution in [1.29, 1.82) is 0 Å². The lowest BCUT2D eigenvalue weighted by Gasteiger charge is -2.61. The van der Waals surface area contributed by atoms with Crippen LogP contribution < -0.4 is 0 Å². The second-order valence-corrected chi connectivity index (χ2v) is 11.0. The van der Waals surface area contributed by atoms with Crippen molar-refractivity contribution in [2.75, 3.05) is 6.61 Å². The second-order valence-electron chi connectivity index (χ2n) is 11.0. The van der Waals surface area contributed by atoms with E-state index in [2.05, 4.69) is 6.92 Å². The van der Waals surface area contributed by atoms with Gasteiger partial charge in [-0.05, 0) is 61.7 Å². The monoisotopic (exact) mass is 448 g/mol. The number of ketones is 1. The third-order valence-electron chi connectivity index (χ3n) is 9.17. The standard InChI is InChI=1S/C25H36O7/c1-14(26)30-13-25-8-6-20-19(21(25)10-18(12-25)31-15(2)27)11-23(32-16(3)28)22-9-17(29)5-7-24(20,22)4/h18-23H,5-13H2,1-4H3/t18-,19-,20+,21+,22+,23-,24+,25+/m0/s1. The number of fused-ring (bicyclic) bond motifs is 5. The number of hydrogen-bond acceptors (Lipinski definition) is 7. The number of rotatable bonds is 4. The van der Waals surface area contributed by atoms with E-state index in [-0.39, 0.29) is 64.5 Å². The van der Waals surface area contributed by atoms with Gasteiger partial charge >= 0.3 is 17.9 Å². The van der Waals surface area contributed by atoms with Crippen molar-refractivity contribution < 1.29 is 33.4 Å². The van der Waals surface area contributed by atoms with Gasteiger partial charge in [-0.25, -0.2) is 0 Å². The van der Waals surface area contributed by atoms with Gasteiger partial charge in [0.05, 0.1) is 6.61 Å². The fourth-order valence-corrected chi connectivity index (χ4v) is 8.00. The normalized spacial score (nSPS) is 42.8. The zero-order valence-electron chi connectivity index (χ0n) is 19.7. The molecule has 4 aliphatic carbocycles. The quantitative estimate of drug-likeness (QED) is 0.479. The minimum atomic E-state index is -0.306. The van der Waals surface area contributed by atoms with E-state index in [1.165, 1.54) is 20.8 Å². The first-order valence-electron chi connectivity index (χ1n) is 12.0. The van der Waals surface area contributed by atoms with Crippen molar-refractivity contribution in [2.24, 2.45) is 34.5 Å². The third kappa shape index (κ3) is 4.08. The molecule has 0 aromatic rings. The van der Waals surface area contributed by atoms with Crippen LogP contribution in [0.2, 0.25) is 0 Å². The van der Waals surface area contributed by atoms with Crippen molar-refractivity contribution >= 4 is 23.7 Å². The lowest BCUT2D eigenvalue weighted by atomic mass is 9.44. The summed E-state index contributed by atoms with van der Waals surface area (Å²) in [5, 5.41) is 0. The first kappa shape index (κ1) is 23.2. The highest BCUT2D eigenvalue weighted by atomic mass is 16.5. The van der Waals surface area contributed by atoms with E-state index in [9.17, 15) is 19.2 Å². The molecule has 4 saturated carbocycles. The molecule has 0 aliphatic heterocycles. The van der Waals surface area contributed by atoms with Gasteiger partial charge in [0.1, 0.15) is 18.0 Å². The van der Waals surface area contributed by atoms with E-state index < -0.39 is 0 Å². The number of hydrogen-bond donors (Lipinski definition) is 0. The highest BCUT2D eigenvalue weighted by Crippen LogP contribution is 2.66. The second kappa shape index (κ2) is 8.45. The molecule has 4 aliphatic rings. The summed E-state index contributed by atoms with van der Waals surface area (Å²) in [4.78, 5) is 47.7. The molecule has 178 valence electrons. The smallest absolute Gasteiger partial charge is 0.302 e. The average Bonchev–Trinajstić information content (AvgIpc) is 3.05. The summed E-state index contributed by atoms with van der Waals surface area (Å²) in [7, 11) is 0. The minimum Gasteiger partial charge on any atom is -0.465 e. The van der Waals surface area contributed by atoms with E-state index in [4.69, 9.17) is 14.2 Å². The average molecular weight is 449 g/mol. The number of ether oxygens (including phenoxy) is 3. The van der Waals surface area contributed by atoms with Crippen LogP contribution in [-0.4, -0.2) is 42.5 Å². The van der Waals surface area contributed by atoms with Gasteiger partial charge in [-0.1, -0.05) is 6.92 Å². The zero-order chi connectivity index (χ0) is 23.3. The zero-order valence-corrected chi connectivity index (χ0v) is 19.7. The fourth-order valence-electron chi connectivity index (χ4n) is 8.00. The Kier molecular flexibility index (Phi) is 6.14. The summed E-state index contributed by atoms with van der Waals surface area (Å²) in [5.41, 5.74) is -0.286. The van der Waals surface area contributed by atoms with Crippen LogP contribution >= 0.6 is 0 Å². The van der Waals surface area contributed by atoms with Crippen LogP contribution in [0.15, 0.2) is 0 Å². The van der Waals surface area contributed by atoms with Crippen molar-refractivity contribution in [3.8, 4) is 0 Å². The molecule has 0 aromatic heterocycles. The molecular formula is C25H36O7. The summed E-state index contributed by atoms with van der Waals surface area (Å²) in [5.74, 6) is 0.345. The summed E-state index contributed by atoms with van der Waals surface area (Å²) >= 11 is 0. The molecule has 4 rings (SSSR count). The van der Waals surface area contributed by atoms with Gasteiger partial charge in [-0.3, -0.25) is 19.2 Å². The van der Waals surface area contributed by atoms with Gasteiger partial charge in [0.25, 0.3) is 0 Å². The topological polar surface area (TPSA) is 96.0 Å². The summed E-state index contributed by atoms with van der Waals surface area (Å²) < 4.78 is 17.0. The van der Waals surface area contributed by atoms with E-state index >= 15 is 0 Å². The molecule has 0 heterocycles. The Morgan fingerprint density at radius 2 is 1.66 bits per heavy atom. The van der Waals surface area contributed by atoms with Crippen molar-refractivity contribution in [3.05, 3.63) is 0 Å². The molecule has 0 bridgehead atoms. The lowest BCUT2D eigenvalue weighted by Crippen LogP contribution is -2.58. The Morgan fingerprint density at radius 3 is 2.31 bits per heavy atom. The van der Waals surface area contributed by atoms with E-state index in [0.29, 0.717) is 31.8 Å². The highest BCUT2D eigenvalue weighted by Gasteiger charge is 2.64. The van der Waals surface area contributed by atoms with Gasteiger partial charge < -0.3 is 14.2 Å². The molecule has 0 aromatic carbocycles. The van der Waals surface area contributed by atoms with Gasteiger partial charge in [0.15, 0.2) is 0 Å². The SMILES string of the molecule is CC(=O)OC[C@]12CC[C@@H]3[C@H](C[C@H](OC(C)=O)[C@H]4CC(=O)CC[C@]34C)[C@H]1C[C@H](OC(C)=O)C2. The Bertz CT molecular complexity index is 806. The molecule has 0 unspecified atom stereocenters. The van der Waals surface area contributed by atoms with Crippen LogP contribution in [0.4, 0.5) is 0 Å². The molecule has 0 N–H and O–H groups in total. The van der Waals surface area contributed by atoms with Gasteiger partial charge in [-0.15, -0.1) is 0 Å². The van der Waals surface area contributed by atoms with E-state index in [1.54, 1.807) is 0 Å². The van der Waals surface area contributed by atoms with Crippen molar-refractivity contribution in [1.82, 2.24) is 0 Å². The Morgan fingerprint density at radius 1 is 0.938 bits per heavy atom. The van der Waals surface area contributed by atoms with Crippen LogP contribution in [-0.2, 0) is 33.4 Å². The summed E-state index contributed by atoms with van der Waals surface area (Å²) in [6, 6.07) is 0. The molecule has 0 amide bonds. The fraction of sp³-hybridized carbons (Fsp3) is 0.840. The number of carbonyl (C=O) groups excluding carboxylic acids is 4. The van der Waals surface area contributed by atoms with Crippen molar-refractivity contribution in [2.45, 2.75) is 91.3 Å². The Hall–Kier alpha value is -1.92. The Balaban J connectivity index is 1.67. The van der Waals surface area contributed by atoms with Gasteiger partial charge in [-0.2, -0.15) is 0 Å². The molecule has 0 radical (unpaired) electrons. The molecule has 7 nitrogen and oxygen atoms in total. The summed E-state index contributed by atoms with van der Waals surface area (Å²) in [6.07, 6.45) is 5.50. The number of esters is 3. The molecule has 7 heteroatoms. The number of Topliss-reactive ketones (excluding diaryl/α,β-unsaturated/α-hetero) is 1. The Labute approximate surface area is 189 Å². The maximum absolute atomic E-state index is 12.3. The molecule has 8 atom stereocenters. The maximum atomic E-state index is 12.3. The lowest BCUT2D eigenvalue weighted by molar-refractivity contribution is -0.189. The molecule has 4 fully saturated rings. The van der Waals surface area contributed by atoms with Crippen LogP contribution in [0, 0.1) is 34.5 Å². The van der Waals surface area contributed by atoms with Crippen LogP contribution in [0.3, 0.4) is 0 Å². The first-order chi connectivity index (χ1) is 15.0. The predicted molar refractivity (Wildman–Crippen MR) is 114 cm³/mol. The van der Waals surface area contributed by atoms with Crippen molar-refractivity contribution in [3.63, 3.8) is 0 Å². The maximum Gasteiger partial charge on any atom is 0.302 e. The van der Waals surface area contributed by atoms with Crippen LogP contribution in [0.1, 0.15) is 79.1 Å². The van der Waals surface area contributed by atoms with Gasteiger partial charge in [0.2, 0.25) is 0 Å². The largest absolute Gasteiger partial charge is 0.465 e. The summed E-state index contributed by atoms with van der Waals surface area (Å²) in [6.45, 7) is 6.93. The van der Waals surface area contributed by atoms with Gasteiger partial charge in [0, 0.05) is 44.9 Å². The highest BCUT2D eigenvalue weighted by molar-refractivity contribution is 5.80. The molecular weight excluding hydrogens is 412 g/mol. The predicted octanol–water partition coefficient (Wildman–Crippen LogP) is 3.61. The molecule has 0 saturated heterocycles. The van der Waals surface area contributed by atoms with E-state index in [0.717, 1.165) is 32.1 Å². The van der Waals surface area contributed by atoms with E-state index in [1.807, 2.05) is 0 Å². The minimum absolute atomic E-state index is 0.0561. The number of carbonyl (C=O) groups is 4. The first-order valence-corrected chi connectivity index (χ1v) is 12.0.